The maximum atomic E-state index is 13.3. The highest BCUT2D eigenvalue weighted by Crippen LogP contribution is 2.39. The van der Waals surface area contributed by atoms with Crippen LogP contribution in [0.2, 0.25) is 0 Å². The molecule has 0 saturated carbocycles. The zero-order valence-corrected chi connectivity index (χ0v) is 15.4. The molecule has 1 aromatic carbocycles. The minimum absolute atomic E-state index is 0.0183. The van der Waals surface area contributed by atoms with Gasteiger partial charge in [-0.1, -0.05) is 43.2 Å². The Morgan fingerprint density at radius 2 is 2.08 bits per heavy atom. The summed E-state index contributed by atoms with van der Waals surface area (Å²) in [4.78, 5) is 15.5. The number of carbonyl (C=O) groups excluding carboxylic acids is 1. The maximum Gasteiger partial charge on any atom is 0.272 e. The molecule has 2 aliphatic rings. The standard InChI is InChI=1S/C21H28N4O/c1-21-15-17(14-16-8-4-2-5-9-16)25(20(26)18-11-13-23-24-18)19(21)10-6-3-7-12-22-21/h2,4-5,8-9,11,13,17,19,22H,3,6-7,10,12,14-15H2,1H3,(H,23,24)/t17-,19+,21+/m1/s1. The number of aromatic nitrogens is 2. The Morgan fingerprint density at radius 3 is 2.85 bits per heavy atom. The van der Waals surface area contributed by atoms with Crippen LogP contribution in [-0.4, -0.2) is 45.2 Å². The molecule has 2 aromatic rings. The van der Waals surface area contributed by atoms with Crippen LogP contribution in [0, 0.1) is 0 Å². The highest BCUT2D eigenvalue weighted by Gasteiger charge is 2.50. The monoisotopic (exact) mass is 352 g/mol. The SMILES string of the molecule is C[C@]12C[C@@H](Cc3ccccc3)N(C(=O)c3ccn[nH]3)[C@H]1CCCCCN2. The number of nitrogens with one attached hydrogen (secondary N) is 2. The van der Waals surface area contributed by atoms with Crippen molar-refractivity contribution in [2.45, 2.75) is 63.1 Å². The van der Waals surface area contributed by atoms with Gasteiger partial charge in [-0.2, -0.15) is 5.10 Å². The molecule has 0 spiro atoms. The molecule has 3 heterocycles. The Labute approximate surface area is 155 Å². The van der Waals surface area contributed by atoms with Gasteiger partial charge in [0.25, 0.3) is 5.91 Å². The number of aromatic amines is 1. The molecule has 2 N–H and O–H groups in total. The topological polar surface area (TPSA) is 61.0 Å². The normalized spacial score (nSPS) is 29.0. The van der Waals surface area contributed by atoms with Crippen LogP contribution in [0.25, 0.3) is 0 Å². The van der Waals surface area contributed by atoms with Crippen LogP contribution in [0.4, 0.5) is 0 Å². The van der Waals surface area contributed by atoms with Gasteiger partial charge in [-0.05, 0) is 50.8 Å². The molecule has 3 atom stereocenters. The van der Waals surface area contributed by atoms with Gasteiger partial charge in [-0.15, -0.1) is 0 Å². The van der Waals surface area contributed by atoms with Crippen LogP contribution in [-0.2, 0) is 6.42 Å². The number of benzene rings is 1. The molecule has 4 rings (SSSR count). The number of carbonyl (C=O) groups is 1. The van der Waals surface area contributed by atoms with Gasteiger partial charge in [0.2, 0.25) is 0 Å². The molecular formula is C21H28N4O. The number of hydrogen-bond acceptors (Lipinski definition) is 3. The summed E-state index contributed by atoms with van der Waals surface area (Å²) in [5.74, 6) is 0.0829. The quantitative estimate of drug-likeness (QED) is 0.892. The highest BCUT2D eigenvalue weighted by molar-refractivity contribution is 5.93. The van der Waals surface area contributed by atoms with E-state index in [4.69, 9.17) is 0 Å². The fraction of sp³-hybridized carbons (Fsp3) is 0.524. The molecule has 26 heavy (non-hydrogen) atoms. The Morgan fingerprint density at radius 1 is 1.23 bits per heavy atom. The van der Waals surface area contributed by atoms with Crippen LogP contribution in [0.1, 0.15) is 55.1 Å². The molecule has 5 nitrogen and oxygen atoms in total. The molecule has 5 heteroatoms. The third-order valence-corrected chi connectivity index (χ3v) is 6.09. The lowest BCUT2D eigenvalue weighted by Crippen LogP contribution is -2.55. The van der Waals surface area contributed by atoms with Gasteiger partial charge in [0.1, 0.15) is 5.69 Å². The number of amides is 1. The first-order chi connectivity index (χ1) is 12.7. The second-order valence-electron chi connectivity index (χ2n) is 7.94. The summed E-state index contributed by atoms with van der Waals surface area (Å²) >= 11 is 0. The smallest absolute Gasteiger partial charge is 0.272 e. The largest absolute Gasteiger partial charge is 0.329 e. The third-order valence-electron chi connectivity index (χ3n) is 6.09. The molecule has 138 valence electrons. The summed E-state index contributed by atoms with van der Waals surface area (Å²) in [6, 6.07) is 12.7. The van der Waals surface area contributed by atoms with Crippen molar-refractivity contribution in [1.82, 2.24) is 20.4 Å². The molecule has 1 aromatic heterocycles. The number of H-pyrrole nitrogens is 1. The predicted octanol–water partition coefficient (Wildman–Crippen LogP) is 3.16. The number of likely N-dealkylation sites (tertiary alicyclic amines) is 1. The van der Waals surface area contributed by atoms with E-state index in [0.29, 0.717) is 5.69 Å². The van der Waals surface area contributed by atoms with Gasteiger partial charge in [0, 0.05) is 17.8 Å². The molecular weight excluding hydrogens is 324 g/mol. The molecule has 0 aliphatic carbocycles. The Balaban J connectivity index is 1.67. The zero-order valence-electron chi connectivity index (χ0n) is 15.4. The van der Waals surface area contributed by atoms with Gasteiger partial charge >= 0.3 is 0 Å². The molecule has 2 fully saturated rings. The van der Waals surface area contributed by atoms with E-state index in [9.17, 15) is 4.79 Å². The van der Waals surface area contributed by atoms with E-state index in [1.54, 1.807) is 12.3 Å². The van der Waals surface area contributed by atoms with Gasteiger partial charge in [0.15, 0.2) is 0 Å². The van der Waals surface area contributed by atoms with E-state index in [0.717, 1.165) is 25.8 Å². The third kappa shape index (κ3) is 3.28. The lowest BCUT2D eigenvalue weighted by molar-refractivity contribution is 0.0607. The van der Waals surface area contributed by atoms with Crippen LogP contribution >= 0.6 is 0 Å². The summed E-state index contributed by atoms with van der Waals surface area (Å²) < 4.78 is 0. The summed E-state index contributed by atoms with van der Waals surface area (Å²) in [7, 11) is 0. The molecule has 2 aliphatic heterocycles. The van der Waals surface area contributed by atoms with E-state index in [-0.39, 0.29) is 23.5 Å². The van der Waals surface area contributed by atoms with Gasteiger partial charge in [-0.3, -0.25) is 9.89 Å². The Bertz CT molecular complexity index is 730. The minimum Gasteiger partial charge on any atom is -0.329 e. The average Bonchev–Trinajstić information content (AvgIpc) is 3.24. The first-order valence-corrected chi connectivity index (χ1v) is 9.78. The van der Waals surface area contributed by atoms with Crippen molar-refractivity contribution in [2.24, 2.45) is 0 Å². The van der Waals surface area contributed by atoms with Crippen molar-refractivity contribution < 1.29 is 4.79 Å². The number of nitrogens with zero attached hydrogens (tertiary/aromatic N) is 2. The fourth-order valence-electron chi connectivity index (χ4n) is 4.82. The van der Waals surface area contributed by atoms with E-state index in [1.807, 2.05) is 6.07 Å². The second kappa shape index (κ2) is 7.23. The van der Waals surface area contributed by atoms with E-state index >= 15 is 0 Å². The highest BCUT2D eigenvalue weighted by atomic mass is 16.2. The summed E-state index contributed by atoms with van der Waals surface area (Å²) in [5, 5.41) is 10.6. The maximum absolute atomic E-state index is 13.3. The van der Waals surface area contributed by atoms with Crippen LogP contribution in [0.3, 0.4) is 0 Å². The molecule has 2 saturated heterocycles. The summed E-state index contributed by atoms with van der Waals surface area (Å²) in [5.41, 5.74) is 1.86. The van der Waals surface area contributed by atoms with Crippen LogP contribution in [0.15, 0.2) is 42.6 Å². The number of hydrogen-bond donors (Lipinski definition) is 2. The first kappa shape index (κ1) is 17.3. The first-order valence-electron chi connectivity index (χ1n) is 9.78. The number of fused-ring (bicyclic) bond motifs is 1. The van der Waals surface area contributed by atoms with Crippen molar-refractivity contribution in [3.63, 3.8) is 0 Å². The van der Waals surface area contributed by atoms with E-state index < -0.39 is 0 Å². The molecule has 1 amide bonds. The lowest BCUT2D eigenvalue weighted by Gasteiger charge is -2.38. The minimum atomic E-state index is -0.0183. The van der Waals surface area contributed by atoms with E-state index in [2.05, 4.69) is 51.6 Å². The van der Waals surface area contributed by atoms with Gasteiger partial charge < -0.3 is 10.2 Å². The van der Waals surface area contributed by atoms with Crippen LogP contribution < -0.4 is 5.32 Å². The predicted molar refractivity (Wildman–Crippen MR) is 102 cm³/mol. The van der Waals surface area contributed by atoms with Crippen molar-refractivity contribution >= 4 is 5.91 Å². The number of rotatable bonds is 3. The van der Waals surface area contributed by atoms with E-state index in [1.165, 1.54) is 24.8 Å². The van der Waals surface area contributed by atoms with Gasteiger partial charge in [0.05, 0.1) is 6.04 Å². The second-order valence-corrected chi connectivity index (χ2v) is 7.94. The van der Waals surface area contributed by atoms with Gasteiger partial charge in [-0.25, -0.2) is 0 Å². The average molecular weight is 352 g/mol. The molecule has 0 unspecified atom stereocenters. The van der Waals surface area contributed by atoms with Crippen molar-refractivity contribution in [2.75, 3.05) is 6.54 Å². The Kier molecular flexibility index (Phi) is 4.81. The van der Waals surface area contributed by atoms with Crippen molar-refractivity contribution in [3.05, 3.63) is 53.9 Å². The summed E-state index contributed by atoms with van der Waals surface area (Å²) in [6.07, 6.45) is 8.25. The summed E-state index contributed by atoms with van der Waals surface area (Å²) in [6.45, 7) is 3.35. The van der Waals surface area contributed by atoms with Crippen molar-refractivity contribution in [1.29, 1.82) is 0 Å². The molecule has 0 bridgehead atoms. The van der Waals surface area contributed by atoms with Crippen molar-refractivity contribution in [3.8, 4) is 0 Å². The Hall–Kier alpha value is -2.14. The molecule has 0 radical (unpaired) electrons. The van der Waals surface area contributed by atoms with Crippen LogP contribution in [0.5, 0.6) is 0 Å². The lowest BCUT2D eigenvalue weighted by atomic mass is 9.85. The fourth-order valence-corrected chi connectivity index (χ4v) is 4.82. The zero-order chi connectivity index (χ0) is 18.0.